The monoisotopic (exact) mass is 384 g/mol. The molecule has 0 spiro atoms. The van der Waals surface area contributed by atoms with Crippen LogP contribution < -0.4 is 0 Å². The Morgan fingerprint density at radius 1 is 1.30 bits per heavy atom. The van der Waals surface area contributed by atoms with Crippen molar-refractivity contribution >= 4 is 5.97 Å². The molecule has 0 fully saturated rings. The molecule has 1 heterocycles. The third-order valence-corrected chi connectivity index (χ3v) is 4.60. The van der Waals surface area contributed by atoms with Gasteiger partial charge in [-0.25, -0.2) is 9.18 Å². The summed E-state index contributed by atoms with van der Waals surface area (Å²) in [5.74, 6) is -0.856. The summed E-state index contributed by atoms with van der Waals surface area (Å²) in [6.07, 6.45) is -6.54. The quantitative estimate of drug-likeness (QED) is 0.545. The normalized spacial score (nSPS) is 19.6. The van der Waals surface area contributed by atoms with Gasteiger partial charge in [0.1, 0.15) is 6.17 Å². The van der Waals surface area contributed by atoms with Gasteiger partial charge in [-0.2, -0.15) is 18.3 Å². The zero-order chi connectivity index (χ0) is 19.6. The standard InChI is InChI=1S/C19H20F4N2O2/c1-2-3-11-25-14-10-9-13(20)16(15(14)17(24-25)19(21,22)23)27-18(26)12-7-5-4-6-8-12/h4-8,13,16H,2-3,9-11H2,1H3/t13-,16+/m0/s1. The number of hydrogen-bond donors (Lipinski definition) is 0. The Labute approximate surface area is 154 Å². The Morgan fingerprint density at radius 2 is 2.00 bits per heavy atom. The molecule has 0 bridgehead atoms. The summed E-state index contributed by atoms with van der Waals surface area (Å²) < 4.78 is 61.6. The maximum absolute atomic E-state index is 14.6. The van der Waals surface area contributed by atoms with Crippen molar-refractivity contribution in [3.8, 4) is 0 Å². The topological polar surface area (TPSA) is 44.1 Å². The number of benzene rings is 1. The number of carbonyl (C=O) groups is 1. The second kappa shape index (κ2) is 7.70. The van der Waals surface area contributed by atoms with Crippen LogP contribution in [0.5, 0.6) is 0 Å². The minimum Gasteiger partial charge on any atom is -0.451 e. The maximum Gasteiger partial charge on any atom is 0.435 e. The van der Waals surface area contributed by atoms with Crippen molar-refractivity contribution in [2.75, 3.05) is 0 Å². The van der Waals surface area contributed by atoms with Gasteiger partial charge in [-0.3, -0.25) is 4.68 Å². The van der Waals surface area contributed by atoms with Gasteiger partial charge in [0.15, 0.2) is 11.8 Å². The van der Waals surface area contributed by atoms with Crippen molar-refractivity contribution in [3.63, 3.8) is 0 Å². The summed E-state index contributed by atoms with van der Waals surface area (Å²) in [5, 5.41) is 3.70. The smallest absolute Gasteiger partial charge is 0.435 e. The minimum atomic E-state index is -4.75. The fraction of sp³-hybridized carbons (Fsp3) is 0.474. The lowest BCUT2D eigenvalue weighted by atomic mass is 9.90. The number of carbonyl (C=O) groups excluding carboxylic acids is 1. The molecule has 1 aromatic heterocycles. The number of rotatable bonds is 5. The number of aryl methyl sites for hydroxylation is 1. The van der Waals surface area contributed by atoms with Crippen molar-refractivity contribution in [3.05, 3.63) is 52.8 Å². The summed E-state index contributed by atoms with van der Waals surface area (Å²) in [4.78, 5) is 12.3. The lowest BCUT2D eigenvalue weighted by Gasteiger charge is -2.27. The molecule has 4 nitrogen and oxygen atoms in total. The van der Waals surface area contributed by atoms with Crippen LogP contribution in [0.4, 0.5) is 17.6 Å². The molecular weight excluding hydrogens is 364 g/mol. The second-order valence-electron chi connectivity index (χ2n) is 6.53. The molecule has 3 rings (SSSR count). The van der Waals surface area contributed by atoms with Gasteiger partial charge in [-0.15, -0.1) is 0 Å². The first-order chi connectivity index (χ1) is 12.8. The Balaban J connectivity index is 2.00. The van der Waals surface area contributed by atoms with Crippen LogP contribution in [0, 0.1) is 0 Å². The van der Waals surface area contributed by atoms with Crippen LogP contribution in [0.1, 0.15) is 59.6 Å². The van der Waals surface area contributed by atoms with Gasteiger partial charge in [-0.1, -0.05) is 31.5 Å². The molecule has 2 aromatic rings. The Kier molecular flexibility index (Phi) is 5.53. The highest BCUT2D eigenvalue weighted by Crippen LogP contribution is 2.43. The Hall–Kier alpha value is -2.38. The lowest BCUT2D eigenvalue weighted by molar-refractivity contribution is -0.143. The molecule has 1 aromatic carbocycles. The van der Waals surface area contributed by atoms with Gasteiger partial charge in [0.25, 0.3) is 0 Å². The summed E-state index contributed by atoms with van der Waals surface area (Å²) in [6, 6.07) is 7.82. The highest BCUT2D eigenvalue weighted by molar-refractivity contribution is 5.89. The third kappa shape index (κ3) is 3.99. The fourth-order valence-electron chi connectivity index (χ4n) is 3.27. The number of ether oxygens (including phenoxy) is 1. The van der Waals surface area contributed by atoms with Crippen LogP contribution in [0.3, 0.4) is 0 Å². The second-order valence-corrected chi connectivity index (χ2v) is 6.53. The van der Waals surface area contributed by atoms with Crippen molar-refractivity contribution in [1.29, 1.82) is 0 Å². The minimum absolute atomic E-state index is 0.0190. The number of fused-ring (bicyclic) bond motifs is 1. The first kappa shape index (κ1) is 19.4. The first-order valence-corrected chi connectivity index (χ1v) is 8.89. The zero-order valence-electron chi connectivity index (χ0n) is 14.8. The summed E-state index contributed by atoms with van der Waals surface area (Å²) in [6.45, 7) is 2.23. The molecule has 146 valence electrons. The van der Waals surface area contributed by atoms with Gasteiger partial charge < -0.3 is 4.74 Å². The Morgan fingerprint density at radius 3 is 2.63 bits per heavy atom. The van der Waals surface area contributed by atoms with E-state index in [1.807, 2.05) is 6.92 Å². The van der Waals surface area contributed by atoms with Crippen molar-refractivity contribution in [2.24, 2.45) is 0 Å². The van der Waals surface area contributed by atoms with Gasteiger partial charge in [-0.05, 0) is 31.4 Å². The van der Waals surface area contributed by atoms with Crippen LogP contribution in [-0.2, 0) is 23.9 Å². The predicted octanol–water partition coefficient (Wildman–Crippen LogP) is 4.88. The van der Waals surface area contributed by atoms with Gasteiger partial charge in [0.05, 0.1) is 5.56 Å². The average molecular weight is 384 g/mol. The van der Waals surface area contributed by atoms with Gasteiger partial charge in [0.2, 0.25) is 0 Å². The van der Waals surface area contributed by atoms with E-state index in [4.69, 9.17) is 4.74 Å². The van der Waals surface area contributed by atoms with Crippen LogP contribution in [-0.4, -0.2) is 21.9 Å². The van der Waals surface area contributed by atoms with Crippen LogP contribution in [0.15, 0.2) is 30.3 Å². The van der Waals surface area contributed by atoms with Crippen LogP contribution in [0.25, 0.3) is 0 Å². The highest BCUT2D eigenvalue weighted by atomic mass is 19.4. The molecule has 1 aliphatic carbocycles. The molecule has 0 saturated carbocycles. The molecule has 8 heteroatoms. The fourth-order valence-corrected chi connectivity index (χ4v) is 3.27. The van der Waals surface area contributed by atoms with E-state index in [9.17, 15) is 22.4 Å². The highest BCUT2D eigenvalue weighted by Gasteiger charge is 2.46. The van der Waals surface area contributed by atoms with Crippen molar-refractivity contribution < 1.29 is 27.1 Å². The Bertz CT molecular complexity index is 802. The third-order valence-electron chi connectivity index (χ3n) is 4.60. The number of alkyl halides is 4. The molecule has 1 aliphatic rings. The summed E-state index contributed by atoms with van der Waals surface area (Å²) >= 11 is 0. The van der Waals surface area contributed by atoms with E-state index in [1.165, 1.54) is 16.8 Å². The largest absolute Gasteiger partial charge is 0.451 e. The summed E-state index contributed by atoms with van der Waals surface area (Å²) in [7, 11) is 0. The first-order valence-electron chi connectivity index (χ1n) is 8.89. The number of nitrogens with zero attached hydrogens (tertiary/aromatic N) is 2. The average Bonchev–Trinajstić information content (AvgIpc) is 3.02. The van der Waals surface area contributed by atoms with Gasteiger partial charge in [0, 0.05) is 17.8 Å². The molecule has 2 atom stereocenters. The SMILES string of the molecule is CCCCn1nc(C(F)(F)F)c2c1CC[C@H](F)[C@H]2OC(=O)c1ccccc1. The number of aromatic nitrogens is 2. The molecule has 27 heavy (non-hydrogen) atoms. The van der Waals surface area contributed by atoms with Crippen LogP contribution in [0.2, 0.25) is 0 Å². The molecule has 0 unspecified atom stereocenters. The molecular formula is C19H20F4N2O2. The predicted molar refractivity (Wildman–Crippen MR) is 90.0 cm³/mol. The molecule has 0 aliphatic heterocycles. The molecule has 0 radical (unpaired) electrons. The number of hydrogen-bond acceptors (Lipinski definition) is 3. The molecule has 0 amide bonds. The van der Waals surface area contributed by atoms with E-state index < -0.39 is 30.1 Å². The summed E-state index contributed by atoms with van der Waals surface area (Å²) in [5.41, 5.74) is -1.05. The lowest BCUT2D eigenvalue weighted by Crippen LogP contribution is -2.28. The molecule has 0 N–H and O–H groups in total. The number of unbranched alkanes of at least 4 members (excludes halogenated alkanes) is 1. The van der Waals surface area contributed by atoms with E-state index >= 15 is 0 Å². The van der Waals surface area contributed by atoms with E-state index in [2.05, 4.69) is 5.10 Å². The van der Waals surface area contributed by atoms with E-state index in [0.29, 0.717) is 18.7 Å². The van der Waals surface area contributed by atoms with Crippen molar-refractivity contribution in [2.45, 2.75) is 57.6 Å². The molecule has 0 saturated heterocycles. The van der Waals surface area contributed by atoms with E-state index in [-0.39, 0.29) is 24.0 Å². The zero-order valence-corrected chi connectivity index (χ0v) is 14.8. The number of halogens is 4. The van der Waals surface area contributed by atoms with Gasteiger partial charge >= 0.3 is 12.1 Å². The van der Waals surface area contributed by atoms with E-state index in [1.54, 1.807) is 18.2 Å². The maximum atomic E-state index is 14.6. The van der Waals surface area contributed by atoms with Crippen LogP contribution >= 0.6 is 0 Å². The van der Waals surface area contributed by atoms with Crippen molar-refractivity contribution in [1.82, 2.24) is 9.78 Å². The number of esters is 1. The van der Waals surface area contributed by atoms with E-state index in [0.717, 1.165) is 6.42 Å².